The normalized spacial score (nSPS) is 10.8. The number of hydrogen-bond donors (Lipinski definition) is 1. The van der Waals surface area contributed by atoms with E-state index in [0.29, 0.717) is 11.1 Å². The van der Waals surface area contributed by atoms with Crippen LogP contribution in [0.2, 0.25) is 0 Å². The molecular formula is C19H21NO8S. The van der Waals surface area contributed by atoms with Crippen molar-refractivity contribution in [3.05, 3.63) is 53.1 Å². The van der Waals surface area contributed by atoms with E-state index in [-0.39, 0.29) is 28.5 Å². The molecule has 9 nitrogen and oxygen atoms in total. The molecule has 0 fully saturated rings. The predicted molar refractivity (Wildman–Crippen MR) is 105 cm³/mol. The fourth-order valence-corrected chi connectivity index (χ4v) is 3.73. The summed E-state index contributed by atoms with van der Waals surface area (Å²) in [5, 5.41) is 0. The lowest BCUT2D eigenvalue weighted by molar-refractivity contribution is 0.0592. The molecule has 0 spiro atoms. The molecule has 1 N–H and O–H groups in total. The molecule has 2 rings (SSSR count). The van der Waals surface area contributed by atoms with Crippen LogP contribution in [0.1, 0.15) is 26.3 Å². The van der Waals surface area contributed by atoms with Gasteiger partial charge in [-0.15, -0.1) is 0 Å². The second-order valence-electron chi connectivity index (χ2n) is 5.79. The maximum absolute atomic E-state index is 12.6. The largest absolute Gasteiger partial charge is 0.493 e. The Kier molecular flexibility index (Phi) is 7.05. The molecule has 0 radical (unpaired) electrons. The molecule has 10 heteroatoms. The highest BCUT2D eigenvalue weighted by Gasteiger charge is 2.22. The maximum Gasteiger partial charge on any atom is 0.340 e. The van der Waals surface area contributed by atoms with Crippen molar-refractivity contribution in [3.8, 4) is 11.5 Å². The highest BCUT2D eigenvalue weighted by Crippen LogP contribution is 2.34. The zero-order valence-electron chi connectivity index (χ0n) is 16.3. The number of nitrogens with one attached hydrogen (secondary N) is 1. The summed E-state index contributed by atoms with van der Waals surface area (Å²) in [7, 11) is 1.31. The number of sulfonamides is 1. The lowest BCUT2D eigenvalue weighted by Gasteiger charge is -2.15. The number of hydrogen-bond acceptors (Lipinski definition) is 8. The Labute approximate surface area is 168 Å². The van der Waals surface area contributed by atoms with Crippen molar-refractivity contribution in [2.75, 3.05) is 33.2 Å². The SMILES string of the molecule is COC(=O)c1ccc(CS(=O)(=O)Nc2cc(OC)c(OC)cc2C(=O)OC)cc1. The minimum absolute atomic E-state index is 0.0133. The van der Waals surface area contributed by atoms with Gasteiger partial charge in [0.25, 0.3) is 0 Å². The van der Waals surface area contributed by atoms with Gasteiger partial charge in [-0.3, -0.25) is 4.72 Å². The third kappa shape index (κ3) is 5.38. The summed E-state index contributed by atoms with van der Waals surface area (Å²) in [6, 6.07) is 8.60. The first-order valence-corrected chi connectivity index (χ1v) is 9.92. The van der Waals surface area contributed by atoms with Crippen molar-refractivity contribution in [2.24, 2.45) is 0 Å². The summed E-state index contributed by atoms with van der Waals surface area (Å²) < 4.78 is 47.3. The molecule has 0 aromatic heterocycles. The Morgan fingerprint density at radius 1 is 0.862 bits per heavy atom. The van der Waals surface area contributed by atoms with Gasteiger partial charge in [0.1, 0.15) is 0 Å². The number of rotatable bonds is 8. The maximum atomic E-state index is 12.6. The smallest absolute Gasteiger partial charge is 0.340 e. The van der Waals surface area contributed by atoms with Crippen LogP contribution in [0, 0.1) is 0 Å². The molecule has 2 aromatic carbocycles. The van der Waals surface area contributed by atoms with E-state index in [1.54, 1.807) is 0 Å². The Balaban J connectivity index is 2.33. The number of anilines is 1. The number of carbonyl (C=O) groups excluding carboxylic acids is 2. The van der Waals surface area contributed by atoms with Crippen molar-refractivity contribution >= 4 is 27.6 Å². The minimum Gasteiger partial charge on any atom is -0.493 e. The number of ether oxygens (including phenoxy) is 4. The van der Waals surface area contributed by atoms with Crippen molar-refractivity contribution in [2.45, 2.75) is 5.75 Å². The predicted octanol–water partition coefficient (Wildman–Crippen LogP) is 2.22. The van der Waals surface area contributed by atoms with Gasteiger partial charge in [-0.25, -0.2) is 18.0 Å². The summed E-state index contributed by atoms with van der Waals surface area (Å²) in [6.45, 7) is 0. The molecular weight excluding hydrogens is 402 g/mol. The molecule has 0 aliphatic heterocycles. The van der Waals surface area contributed by atoms with Crippen molar-refractivity contribution in [1.29, 1.82) is 0 Å². The molecule has 0 saturated heterocycles. The lowest BCUT2D eigenvalue weighted by atomic mass is 10.1. The molecule has 0 aliphatic carbocycles. The molecule has 0 atom stereocenters. The van der Waals surface area contributed by atoms with E-state index in [1.807, 2.05) is 0 Å². The number of carbonyl (C=O) groups is 2. The van der Waals surface area contributed by atoms with Gasteiger partial charge in [0, 0.05) is 12.1 Å². The van der Waals surface area contributed by atoms with E-state index in [4.69, 9.17) is 14.2 Å². The Morgan fingerprint density at radius 2 is 1.41 bits per heavy atom. The van der Waals surface area contributed by atoms with Gasteiger partial charge in [-0.2, -0.15) is 0 Å². The molecule has 2 aromatic rings. The first-order valence-electron chi connectivity index (χ1n) is 8.26. The molecule has 0 amide bonds. The monoisotopic (exact) mass is 423 g/mol. The quantitative estimate of drug-likeness (QED) is 0.643. The van der Waals surface area contributed by atoms with Gasteiger partial charge >= 0.3 is 11.9 Å². The van der Waals surface area contributed by atoms with E-state index in [0.717, 1.165) is 0 Å². The van der Waals surface area contributed by atoms with Gasteiger partial charge < -0.3 is 18.9 Å². The molecule has 0 unspecified atom stereocenters. The van der Waals surface area contributed by atoms with Gasteiger partial charge in [-0.1, -0.05) is 12.1 Å². The van der Waals surface area contributed by atoms with Gasteiger partial charge in [0.2, 0.25) is 10.0 Å². The van der Waals surface area contributed by atoms with Crippen LogP contribution in [0.3, 0.4) is 0 Å². The standard InChI is InChI=1S/C19H21NO8S/c1-25-16-9-14(19(22)28-4)15(10-17(16)26-2)20-29(23,24)11-12-5-7-13(8-6-12)18(21)27-3/h5-10,20H,11H2,1-4H3. The van der Waals surface area contributed by atoms with Gasteiger partial charge in [0.15, 0.2) is 11.5 Å². The highest BCUT2D eigenvalue weighted by molar-refractivity contribution is 7.91. The molecule has 156 valence electrons. The number of methoxy groups -OCH3 is 4. The van der Waals surface area contributed by atoms with E-state index >= 15 is 0 Å². The molecule has 0 heterocycles. The van der Waals surface area contributed by atoms with Crippen LogP contribution in [0.5, 0.6) is 11.5 Å². The summed E-state index contributed by atoms with van der Waals surface area (Å²) in [4.78, 5) is 23.6. The second kappa shape index (κ2) is 9.28. The fourth-order valence-electron chi connectivity index (χ4n) is 2.52. The molecule has 0 aliphatic rings. The van der Waals surface area contributed by atoms with E-state index in [1.165, 1.54) is 64.8 Å². The molecule has 0 bridgehead atoms. The van der Waals surface area contributed by atoms with Crippen LogP contribution in [-0.4, -0.2) is 48.8 Å². The van der Waals surface area contributed by atoms with Crippen LogP contribution in [0.4, 0.5) is 5.69 Å². The number of benzene rings is 2. The van der Waals surface area contributed by atoms with Crippen molar-refractivity contribution < 1.29 is 37.0 Å². The van der Waals surface area contributed by atoms with Crippen LogP contribution in [0.25, 0.3) is 0 Å². The lowest BCUT2D eigenvalue weighted by Crippen LogP contribution is -2.18. The summed E-state index contributed by atoms with van der Waals surface area (Å²) in [5.41, 5.74) is 0.690. The second-order valence-corrected chi connectivity index (χ2v) is 7.52. The first kappa shape index (κ1) is 22.0. The summed E-state index contributed by atoms with van der Waals surface area (Å²) in [5.74, 6) is -1.17. The third-order valence-corrected chi connectivity index (χ3v) is 5.17. The summed E-state index contributed by atoms with van der Waals surface area (Å²) >= 11 is 0. The van der Waals surface area contributed by atoms with Crippen LogP contribution >= 0.6 is 0 Å². The van der Waals surface area contributed by atoms with E-state index < -0.39 is 22.0 Å². The van der Waals surface area contributed by atoms with Gasteiger partial charge in [0.05, 0.1) is 51.0 Å². The Hall–Kier alpha value is -3.27. The molecule has 0 saturated carbocycles. The highest BCUT2D eigenvalue weighted by atomic mass is 32.2. The zero-order chi connectivity index (χ0) is 21.6. The first-order chi connectivity index (χ1) is 13.7. The summed E-state index contributed by atoms with van der Waals surface area (Å²) in [6.07, 6.45) is 0. The Bertz CT molecular complexity index is 1000. The van der Waals surface area contributed by atoms with E-state index in [2.05, 4.69) is 9.46 Å². The van der Waals surface area contributed by atoms with Crippen molar-refractivity contribution in [3.63, 3.8) is 0 Å². The van der Waals surface area contributed by atoms with Crippen LogP contribution in [-0.2, 0) is 25.2 Å². The van der Waals surface area contributed by atoms with Gasteiger partial charge in [-0.05, 0) is 17.7 Å². The topological polar surface area (TPSA) is 117 Å². The van der Waals surface area contributed by atoms with E-state index in [9.17, 15) is 18.0 Å². The minimum atomic E-state index is -3.91. The van der Waals surface area contributed by atoms with Crippen molar-refractivity contribution in [1.82, 2.24) is 0 Å². The average molecular weight is 423 g/mol. The average Bonchev–Trinajstić information content (AvgIpc) is 2.72. The molecule has 29 heavy (non-hydrogen) atoms. The van der Waals surface area contributed by atoms with Crippen LogP contribution in [0.15, 0.2) is 36.4 Å². The van der Waals surface area contributed by atoms with Crippen LogP contribution < -0.4 is 14.2 Å². The zero-order valence-corrected chi connectivity index (χ0v) is 17.2. The third-order valence-electron chi connectivity index (χ3n) is 3.93. The fraction of sp³-hybridized carbons (Fsp3) is 0.263. The number of esters is 2. The Morgan fingerprint density at radius 3 is 1.93 bits per heavy atom.